The summed E-state index contributed by atoms with van der Waals surface area (Å²) in [6.45, 7) is 7.49. The Morgan fingerprint density at radius 2 is 1.87 bits per heavy atom. The van der Waals surface area contributed by atoms with Gasteiger partial charge in [-0.3, -0.25) is 14.5 Å². The fourth-order valence-corrected chi connectivity index (χ4v) is 2.91. The number of likely N-dealkylation sites (tertiary alicyclic amines) is 1. The number of likely N-dealkylation sites (N-methyl/N-ethyl adjacent to an activating group) is 1. The van der Waals surface area contributed by atoms with Gasteiger partial charge in [-0.1, -0.05) is 25.4 Å². The van der Waals surface area contributed by atoms with Crippen LogP contribution in [0.25, 0.3) is 0 Å². The van der Waals surface area contributed by atoms with Gasteiger partial charge in [-0.15, -0.1) is 0 Å². The highest BCUT2D eigenvalue weighted by atomic mass is 35.5. The van der Waals surface area contributed by atoms with Gasteiger partial charge < -0.3 is 10.2 Å². The summed E-state index contributed by atoms with van der Waals surface area (Å²) < 4.78 is 0. The number of anilines is 1. The minimum atomic E-state index is -0.119. The van der Waals surface area contributed by atoms with E-state index in [-0.39, 0.29) is 11.8 Å². The summed E-state index contributed by atoms with van der Waals surface area (Å²) in [5, 5.41) is 3.35. The van der Waals surface area contributed by atoms with Crippen LogP contribution in [-0.4, -0.2) is 54.3 Å². The van der Waals surface area contributed by atoms with E-state index in [1.807, 2.05) is 23.6 Å². The summed E-state index contributed by atoms with van der Waals surface area (Å²) in [4.78, 5) is 28.7. The highest BCUT2D eigenvalue weighted by molar-refractivity contribution is 6.31. The third kappa shape index (κ3) is 4.69. The maximum Gasteiger partial charge on any atom is 0.256 e. The minimum Gasteiger partial charge on any atom is -0.339 e. The first kappa shape index (κ1) is 17.8. The number of nitrogens with one attached hydrogen (secondary N) is 1. The van der Waals surface area contributed by atoms with Gasteiger partial charge in [-0.05, 0) is 44.1 Å². The highest BCUT2D eigenvalue weighted by Gasteiger charge is 2.23. The van der Waals surface area contributed by atoms with Crippen LogP contribution in [0.4, 0.5) is 5.69 Å². The number of benzene rings is 1. The van der Waals surface area contributed by atoms with Gasteiger partial charge in [0.1, 0.15) is 0 Å². The van der Waals surface area contributed by atoms with E-state index in [0.717, 1.165) is 39.0 Å². The van der Waals surface area contributed by atoms with E-state index in [1.54, 1.807) is 18.2 Å². The second-order valence-electron chi connectivity index (χ2n) is 5.70. The van der Waals surface area contributed by atoms with Crippen LogP contribution in [0.15, 0.2) is 18.2 Å². The SMILES string of the molecule is CCN(CC)CC(=O)Nc1ccc(Cl)cc1C(=O)N1CCCC1. The molecule has 1 heterocycles. The van der Waals surface area contributed by atoms with Crippen molar-refractivity contribution in [3.05, 3.63) is 28.8 Å². The van der Waals surface area contributed by atoms with E-state index >= 15 is 0 Å². The lowest BCUT2D eigenvalue weighted by Crippen LogP contribution is -2.34. The molecule has 0 radical (unpaired) electrons. The zero-order chi connectivity index (χ0) is 16.8. The average molecular weight is 338 g/mol. The van der Waals surface area contributed by atoms with Gasteiger partial charge in [0.2, 0.25) is 5.91 Å². The van der Waals surface area contributed by atoms with Gasteiger partial charge in [0.25, 0.3) is 5.91 Å². The molecule has 1 aromatic rings. The molecule has 0 saturated carbocycles. The molecule has 1 saturated heterocycles. The Hall–Kier alpha value is -1.59. The zero-order valence-electron chi connectivity index (χ0n) is 13.8. The Bertz CT molecular complexity index is 567. The minimum absolute atomic E-state index is 0.0665. The molecule has 126 valence electrons. The average Bonchev–Trinajstić information content (AvgIpc) is 3.08. The Labute approximate surface area is 142 Å². The van der Waals surface area contributed by atoms with Gasteiger partial charge in [0, 0.05) is 18.1 Å². The molecule has 1 N–H and O–H groups in total. The Kier molecular flexibility index (Phi) is 6.42. The molecule has 2 amide bonds. The van der Waals surface area contributed by atoms with Crippen molar-refractivity contribution >= 4 is 29.1 Å². The summed E-state index contributed by atoms with van der Waals surface area (Å²) >= 11 is 6.04. The first-order chi connectivity index (χ1) is 11.0. The first-order valence-corrected chi connectivity index (χ1v) is 8.54. The van der Waals surface area contributed by atoms with Crippen molar-refractivity contribution in [1.29, 1.82) is 0 Å². The van der Waals surface area contributed by atoms with Crippen LogP contribution in [0.3, 0.4) is 0 Å². The zero-order valence-corrected chi connectivity index (χ0v) is 14.5. The molecule has 0 aromatic heterocycles. The second kappa shape index (κ2) is 8.31. The molecule has 1 fully saturated rings. The van der Waals surface area contributed by atoms with Gasteiger partial charge >= 0.3 is 0 Å². The van der Waals surface area contributed by atoms with Gasteiger partial charge in [0.05, 0.1) is 17.8 Å². The maximum atomic E-state index is 12.6. The van der Waals surface area contributed by atoms with E-state index in [1.165, 1.54) is 0 Å². The molecular weight excluding hydrogens is 314 g/mol. The lowest BCUT2D eigenvalue weighted by atomic mass is 10.1. The van der Waals surface area contributed by atoms with Crippen LogP contribution in [0.5, 0.6) is 0 Å². The number of carbonyl (C=O) groups is 2. The van der Waals surface area contributed by atoms with Crippen molar-refractivity contribution < 1.29 is 9.59 Å². The van der Waals surface area contributed by atoms with E-state index in [4.69, 9.17) is 11.6 Å². The Morgan fingerprint density at radius 3 is 2.48 bits per heavy atom. The number of amides is 2. The van der Waals surface area contributed by atoms with Gasteiger partial charge in [0.15, 0.2) is 0 Å². The molecule has 0 unspecified atom stereocenters. The summed E-state index contributed by atoms with van der Waals surface area (Å²) in [6, 6.07) is 5.02. The quantitative estimate of drug-likeness (QED) is 0.868. The van der Waals surface area contributed by atoms with Crippen LogP contribution >= 0.6 is 11.6 Å². The largest absolute Gasteiger partial charge is 0.339 e. The number of rotatable bonds is 6. The predicted octanol–water partition coefficient (Wildman–Crippen LogP) is 2.86. The lowest BCUT2D eigenvalue weighted by Gasteiger charge is -2.20. The fourth-order valence-electron chi connectivity index (χ4n) is 2.73. The number of nitrogens with zero attached hydrogens (tertiary/aromatic N) is 2. The van der Waals surface area contributed by atoms with E-state index < -0.39 is 0 Å². The van der Waals surface area contributed by atoms with E-state index in [0.29, 0.717) is 22.8 Å². The molecule has 1 aromatic carbocycles. The Morgan fingerprint density at radius 1 is 1.22 bits per heavy atom. The normalized spacial score (nSPS) is 14.3. The highest BCUT2D eigenvalue weighted by Crippen LogP contribution is 2.24. The number of halogens is 1. The van der Waals surface area contributed by atoms with Crippen LogP contribution in [0.1, 0.15) is 37.0 Å². The third-order valence-electron chi connectivity index (χ3n) is 4.14. The van der Waals surface area contributed by atoms with Crippen LogP contribution in [0, 0.1) is 0 Å². The van der Waals surface area contributed by atoms with E-state index in [9.17, 15) is 9.59 Å². The number of hydrogen-bond donors (Lipinski definition) is 1. The molecule has 5 nitrogen and oxygen atoms in total. The van der Waals surface area contributed by atoms with Gasteiger partial charge in [-0.2, -0.15) is 0 Å². The molecule has 0 spiro atoms. The molecule has 23 heavy (non-hydrogen) atoms. The molecule has 6 heteroatoms. The molecule has 2 rings (SSSR count). The Balaban J connectivity index is 2.14. The topological polar surface area (TPSA) is 52.7 Å². The maximum absolute atomic E-state index is 12.6. The summed E-state index contributed by atoms with van der Waals surface area (Å²) in [7, 11) is 0. The van der Waals surface area contributed by atoms with Crippen LogP contribution in [0.2, 0.25) is 5.02 Å². The number of hydrogen-bond acceptors (Lipinski definition) is 3. The summed E-state index contributed by atoms with van der Waals surface area (Å²) in [5.41, 5.74) is 0.996. The smallest absolute Gasteiger partial charge is 0.256 e. The third-order valence-corrected chi connectivity index (χ3v) is 4.38. The molecule has 0 bridgehead atoms. The van der Waals surface area contributed by atoms with Crippen molar-refractivity contribution in [2.75, 3.05) is 38.0 Å². The summed E-state index contributed by atoms with van der Waals surface area (Å²) in [5.74, 6) is -0.186. The molecular formula is C17H24ClN3O2. The van der Waals surface area contributed by atoms with Gasteiger partial charge in [-0.25, -0.2) is 0 Å². The van der Waals surface area contributed by atoms with Crippen molar-refractivity contribution in [1.82, 2.24) is 9.80 Å². The first-order valence-electron chi connectivity index (χ1n) is 8.16. The van der Waals surface area contributed by atoms with E-state index in [2.05, 4.69) is 5.32 Å². The molecule has 0 aliphatic carbocycles. The van der Waals surface area contributed by atoms with Crippen LogP contribution in [-0.2, 0) is 4.79 Å². The van der Waals surface area contributed by atoms with Crippen molar-refractivity contribution in [2.24, 2.45) is 0 Å². The van der Waals surface area contributed by atoms with Crippen molar-refractivity contribution in [3.63, 3.8) is 0 Å². The molecule has 1 aliphatic rings. The molecule has 0 atom stereocenters. The van der Waals surface area contributed by atoms with Crippen LogP contribution < -0.4 is 5.32 Å². The molecule has 1 aliphatic heterocycles. The second-order valence-corrected chi connectivity index (χ2v) is 6.14. The monoisotopic (exact) mass is 337 g/mol. The predicted molar refractivity (Wildman–Crippen MR) is 93.0 cm³/mol. The van der Waals surface area contributed by atoms with Crippen molar-refractivity contribution in [2.45, 2.75) is 26.7 Å². The standard InChI is InChI=1S/C17H24ClN3O2/c1-3-20(4-2)12-16(22)19-15-8-7-13(18)11-14(15)17(23)21-9-5-6-10-21/h7-8,11H,3-6,9-10,12H2,1-2H3,(H,19,22). The summed E-state index contributed by atoms with van der Waals surface area (Å²) in [6.07, 6.45) is 2.05. The lowest BCUT2D eigenvalue weighted by molar-refractivity contribution is -0.117. The number of carbonyl (C=O) groups excluding carboxylic acids is 2. The van der Waals surface area contributed by atoms with Crippen molar-refractivity contribution in [3.8, 4) is 0 Å². The fraction of sp³-hybridized carbons (Fsp3) is 0.529.